The van der Waals surface area contributed by atoms with Crippen LogP contribution < -0.4 is 9.46 Å². The Kier molecular flexibility index (Phi) is 12.4. The summed E-state index contributed by atoms with van der Waals surface area (Å²) in [4.78, 5) is 30.8. The second kappa shape index (κ2) is 16.3. The summed E-state index contributed by atoms with van der Waals surface area (Å²) in [6.07, 6.45) is 1.70. The summed E-state index contributed by atoms with van der Waals surface area (Å²) in [7, 11) is -2.19. The van der Waals surface area contributed by atoms with Gasteiger partial charge in [-0.1, -0.05) is 42.8 Å². The van der Waals surface area contributed by atoms with E-state index in [-0.39, 0.29) is 47.2 Å². The molecule has 1 aliphatic rings. The molecule has 1 heterocycles. The number of aliphatic hydroxyl groups excluding tert-OH is 1. The van der Waals surface area contributed by atoms with Crippen molar-refractivity contribution in [2.75, 3.05) is 38.1 Å². The SMILES string of the molecule is Cc1ccc(S(=O)(=O)Nc2ccc3c(c2)C(=O)N([C@H](C)CO)C[C@H](C)[C@H](CN(C)C(=O)c2ccccc2)OCCCC[C@H](C)O3)cc1. The molecule has 4 atom stereocenters. The van der Waals surface area contributed by atoms with Gasteiger partial charge in [-0.2, -0.15) is 0 Å². The molecule has 0 spiro atoms. The molecule has 254 valence electrons. The van der Waals surface area contributed by atoms with Crippen LogP contribution in [-0.4, -0.2) is 86.7 Å². The number of hydrogen-bond donors (Lipinski definition) is 2. The van der Waals surface area contributed by atoms with Crippen LogP contribution in [0.15, 0.2) is 77.7 Å². The van der Waals surface area contributed by atoms with E-state index >= 15 is 0 Å². The Morgan fingerprint density at radius 3 is 2.45 bits per heavy atom. The lowest BCUT2D eigenvalue weighted by Crippen LogP contribution is -2.48. The van der Waals surface area contributed by atoms with Gasteiger partial charge >= 0.3 is 0 Å². The van der Waals surface area contributed by atoms with E-state index in [9.17, 15) is 23.1 Å². The Morgan fingerprint density at radius 1 is 1.06 bits per heavy atom. The number of anilines is 1. The molecule has 0 unspecified atom stereocenters. The summed E-state index contributed by atoms with van der Waals surface area (Å²) in [5, 5.41) is 10.2. The molecule has 3 aromatic rings. The molecule has 0 saturated carbocycles. The summed E-state index contributed by atoms with van der Waals surface area (Å²) >= 11 is 0. The highest BCUT2D eigenvalue weighted by Gasteiger charge is 2.31. The number of sulfonamides is 1. The third-order valence-corrected chi connectivity index (χ3v) is 9.85. The van der Waals surface area contributed by atoms with Gasteiger partial charge in [0.1, 0.15) is 5.75 Å². The van der Waals surface area contributed by atoms with Crippen molar-refractivity contribution in [3.8, 4) is 5.75 Å². The zero-order valence-electron chi connectivity index (χ0n) is 27.9. The summed E-state index contributed by atoms with van der Waals surface area (Å²) in [5.41, 5.74) is 1.90. The van der Waals surface area contributed by atoms with E-state index < -0.39 is 28.1 Å². The number of fused-ring (bicyclic) bond motifs is 1. The van der Waals surface area contributed by atoms with Crippen LogP contribution in [0.25, 0.3) is 0 Å². The van der Waals surface area contributed by atoms with Crippen LogP contribution >= 0.6 is 0 Å². The van der Waals surface area contributed by atoms with Gasteiger partial charge in [0.2, 0.25) is 0 Å². The highest BCUT2D eigenvalue weighted by molar-refractivity contribution is 7.92. The van der Waals surface area contributed by atoms with Crippen molar-refractivity contribution in [1.29, 1.82) is 0 Å². The minimum absolute atomic E-state index is 0.102. The molecular weight excluding hydrogens is 618 g/mol. The van der Waals surface area contributed by atoms with E-state index in [0.29, 0.717) is 30.9 Å². The number of amides is 2. The molecule has 0 bridgehead atoms. The number of benzene rings is 3. The lowest BCUT2D eigenvalue weighted by Gasteiger charge is -2.36. The van der Waals surface area contributed by atoms with Crippen molar-refractivity contribution in [2.45, 2.75) is 70.1 Å². The van der Waals surface area contributed by atoms with Crippen molar-refractivity contribution in [2.24, 2.45) is 5.92 Å². The van der Waals surface area contributed by atoms with Crippen molar-refractivity contribution >= 4 is 27.5 Å². The topological polar surface area (TPSA) is 125 Å². The number of aliphatic hydroxyl groups is 1. The zero-order chi connectivity index (χ0) is 34.1. The Labute approximate surface area is 278 Å². The van der Waals surface area contributed by atoms with Gasteiger partial charge in [-0.3, -0.25) is 14.3 Å². The number of carbonyl (C=O) groups excluding carboxylic acids is 2. The van der Waals surface area contributed by atoms with Gasteiger partial charge in [-0.05, 0) is 82.5 Å². The minimum Gasteiger partial charge on any atom is -0.490 e. The van der Waals surface area contributed by atoms with Gasteiger partial charge in [0.05, 0.1) is 35.3 Å². The molecule has 4 rings (SSSR count). The quantitative estimate of drug-likeness (QED) is 0.332. The number of nitrogens with zero attached hydrogens (tertiary/aromatic N) is 2. The molecule has 0 radical (unpaired) electrons. The zero-order valence-corrected chi connectivity index (χ0v) is 28.7. The Hall–Kier alpha value is -3.93. The van der Waals surface area contributed by atoms with Gasteiger partial charge in [0.15, 0.2) is 0 Å². The fourth-order valence-corrected chi connectivity index (χ4v) is 6.58. The van der Waals surface area contributed by atoms with E-state index in [0.717, 1.165) is 18.4 Å². The smallest absolute Gasteiger partial charge is 0.261 e. The summed E-state index contributed by atoms with van der Waals surface area (Å²) in [6, 6.07) is 19.7. The van der Waals surface area contributed by atoms with Crippen molar-refractivity contribution in [3.05, 3.63) is 89.5 Å². The van der Waals surface area contributed by atoms with E-state index in [1.165, 1.54) is 18.2 Å². The highest BCUT2D eigenvalue weighted by atomic mass is 32.2. The maximum Gasteiger partial charge on any atom is 0.261 e. The molecule has 0 aliphatic carbocycles. The van der Waals surface area contributed by atoms with Crippen molar-refractivity contribution in [1.82, 2.24) is 9.80 Å². The Balaban J connectivity index is 1.66. The largest absolute Gasteiger partial charge is 0.490 e. The molecule has 0 fully saturated rings. The summed E-state index contributed by atoms with van der Waals surface area (Å²) in [5.74, 6) is -0.436. The number of hydrogen-bond acceptors (Lipinski definition) is 7. The van der Waals surface area contributed by atoms with Crippen LogP contribution in [0, 0.1) is 12.8 Å². The normalized spacial score (nSPS) is 20.3. The molecule has 1 aliphatic heterocycles. The molecule has 10 nitrogen and oxygen atoms in total. The lowest BCUT2D eigenvalue weighted by atomic mass is 10.0. The molecule has 11 heteroatoms. The number of rotatable bonds is 8. The predicted molar refractivity (Wildman–Crippen MR) is 182 cm³/mol. The number of ether oxygens (including phenoxy) is 2. The van der Waals surface area contributed by atoms with E-state index in [1.54, 1.807) is 60.2 Å². The molecule has 2 amide bonds. The van der Waals surface area contributed by atoms with Crippen molar-refractivity contribution < 1.29 is 32.6 Å². The number of carbonyl (C=O) groups is 2. The molecule has 47 heavy (non-hydrogen) atoms. The first-order valence-corrected chi connectivity index (χ1v) is 17.6. The molecular formula is C36H47N3O7S. The number of aryl methyl sites for hydroxylation is 1. The Bertz CT molecular complexity index is 1600. The molecule has 0 saturated heterocycles. The van der Waals surface area contributed by atoms with E-state index in [4.69, 9.17) is 9.47 Å². The fourth-order valence-electron chi connectivity index (χ4n) is 5.53. The van der Waals surface area contributed by atoms with Crippen LogP contribution in [0.1, 0.15) is 66.3 Å². The van der Waals surface area contributed by atoms with E-state index in [1.807, 2.05) is 39.0 Å². The Morgan fingerprint density at radius 2 is 1.77 bits per heavy atom. The second-order valence-electron chi connectivity index (χ2n) is 12.5. The predicted octanol–water partition coefficient (Wildman–Crippen LogP) is 5.36. The molecule has 3 aromatic carbocycles. The average molecular weight is 666 g/mol. The van der Waals surface area contributed by atoms with Gasteiger partial charge < -0.3 is 24.4 Å². The standard InChI is InChI=1S/C36H47N3O7S/c1-25-14-17-31(18-15-25)47(43,44)37-30-16-19-33-32(21-30)36(42)39(27(3)24-40)22-26(2)34(45-20-10-9-11-28(4)46-33)23-38(5)35(41)29-12-7-6-8-13-29/h6-8,12-19,21,26-28,34,37,40H,9-11,20,22-24H2,1-5H3/t26-,27+,28-,34-/m0/s1. The average Bonchev–Trinajstić information content (AvgIpc) is 3.06. The molecule has 0 aromatic heterocycles. The van der Waals surface area contributed by atoms with Crippen LogP contribution in [0.5, 0.6) is 5.75 Å². The lowest BCUT2D eigenvalue weighted by molar-refractivity contribution is -0.0149. The maximum atomic E-state index is 14.4. The summed E-state index contributed by atoms with van der Waals surface area (Å²) < 4.78 is 41.6. The minimum atomic E-state index is -3.93. The number of nitrogens with one attached hydrogen (secondary N) is 1. The van der Waals surface area contributed by atoms with Gasteiger partial charge in [0, 0.05) is 43.9 Å². The van der Waals surface area contributed by atoms with Crippen LogP contribution in [0.3, 0.4) is 0 Å². The van der Waals surface area contributed by atoms with Gasteiger partial charge in [0.25, 0.3) is 21.8 Å². The van der Waals surface area contributed by atoms with E-state index in [2.05, 4.69) is 4.72 Å². The summed E-state index contributed by atoms with van der Waals surface area (Å²) in [6.45, 7) is 8.25. The maximum absolute atomic E-state index is 14.4. The third-order valence-electron chi connectivity index (χ3n) is 8.46. The highest BCUT2D eigenvalue weighted by Crippen LogP contribution is 2.29. The second-order valence-corrected chi connectivity index (χ2v) is 14.2. The monoisotopic (exact) mass is 665 g/mol. The fraction of sp³-hybridized carbons (Fsp3) is 0.444. The first-order valence-electron chi connectivity index (χ1n) is 16.1. The van der Waals surface area contributed by atoms with Gasteiger partial charge in [-0.15, -0.1) is 0 Å². The van der Waals surface area contributed by atoms with Crippen LogP contribution in [0.4, 0.5) is 5.69 Å². The van der Waals surface area contributed by atoms with Crippen LogP contribution in [0.2, 0.25) is 0 Å². The van der Waals surface area contributed by atoms with Crippen LogP contribution in [-0.2, 0) is 14.8 Å². The van der Waals surface area contributed by atoms with Gasteiger partial charge in [-0.25, -0.2) is 8.42 Å². The van der Waals surface area contributed by atoms with Crippen molar-refractivity contribution in [3.63, 3.8) is 0 Å². The number of likely N-dealkylation sites (N-methyl/N-ethyl adjacent to an activating group) is 1. The first-order chi connectivity index (χ1) is 22.4. The molecule has 2 N–H and O–H groups in total. The first kappa shape index (κ1) is 35.9. The third kappa shape index (κ3) is 9.56.